The molecular formula is C20H18N4O3S. The molecule has 7 nitrogen and oxygen atoms in total. The number of carbonyl (C=O) groups is 3. The molecule has 1 heterocycles. The second-order valence-electron chi connectivity index (χ2n) is 6.09. The van der Waals surface area contributed by atoms with Crippen LogP contribution in [0.25, 0.3) is 10.4 Å². The summed E-state index contributed by atoms with van der Waals surface area (Å²) in [5.74, 6) is -3.31. The van der Waals surface area contributed by atoms with Gasteiger partial charge in [0.1, 0.15) is 5.92 Å². The van der Waals surface area contributed by atoms with Crippen molar-refractivity contribution in [2.45, 2.75) is 5.92 Å². The SMILES string of the molecule is NC(=O)C(C(N)=O)c1ccc(C(=O)Nc2cc(-c3cccs3)ccc2N)cc1. The van der Waals surface area contributed by atoms with Crippen LogP contribution < -0.4 is 22.5 Å². The van der Waals surface area contributed by atoms with Crippen LogP contribution in [0, 0.1) is 0 Å². The highest BCUT2D eigenvalue weighted by Crippen LogP contribution is 2.30. The topological polar surface area (TPSA) is 141 Å². The van der Waals surface area contributed by atoms with E-state index in [0.29, 0.717) is 22.5 Å². The maximum atomic E-state index is 12.6. The Balaban J connectivity index is 1.81. The molecule has 0 atom stereocenters. The number of anilines is 2. The Bertz CT molecular complexity index is 1020. The summed E-state index contributed by atoms with van der Waals surface area (Å²) >= 11 is 1.59. The van der Waals surface area contributed by atoms with Crippen molar-refractivity contribution in [2.24, 2.45) is 11.5 Å². The third-order valence-corrected chi connectivity index (χ3v) is 5.10. The van der Waals surface area contributed by atoms with Gasteiger partial charge in [0.25, 0.3) is 5.91 Å². The molecule has 0 aliphatic carbocycles. The first-order chi connectivity index (χ1) is 13.4. The van der Waals surface area contributed by atoms with E-state index in [9.17, 15) is 14.4 Å². The van der Waals surface area contributed by atoms with Crippen molar-refractivity contribution in [2.75, 3.05) is 11.1 Å². The summed E-state index contributed by atoms with van der Waals surface area (Å²) in [5.41, 5.74) is 18.9. The highest BCUT2D eigenvalue weighted by atomic mass is 32.1. The molecule has 0 aliphatic rings. The quantitative estimate of drug-likeness (QED) is 0.376. The van der Waals surface area contributed by atoms with Gasteiger partial charge in [-0.05, 0) is 46.8 Å². The number of nitrogen functional groups attached to an aromatic ring is 1. The van der Waals surface area contributed by atoms with Gasteiger partial charge in [-0.15, -0.1) is 11.3 Å². The summed E-state index contributed by atoms with van der Waals surface area (Å²) in [6.07, 6.45) is 0. The predicted octanol–water partition coefficient (Wildman–Crippen LogP) is 2.30. The van der Waals surface area contributed by atoms with E-state index in [0.717, 1.165) is 10.4 Å². The normalized spacial score (nSPS) is 10.6. The predicted molar refractivity (Wildman–Crippen MR) is 110 cm³/mol. The first-order valence-corrected chi connectivity index (χ1v) is 9.18. The molecule has 142 valence electrons. The van der Waals surface area contributed by atoms with Gasteiger partial charge in [0.05, 0.1) is 11.4 Å². The minimum absolute atomic E-state index is 0.329. The van der Waals surface area contributed by atoms with Crippen LogP contribution in [0.4, 0.5) is 11.4 Å². The zero-order chi connectivity index (χ0) is 20.3. The number of primary amides is 2. The maximum absolute atomic E-state index is 12.6. The summed E-state index contributed by atoms with van der Waals surface area (Å²) < 4.78 is 0. The zero-order valence-electron chi connectivity index (χ0n) is 14.7. The average molecular weight is 394 g/mol. The van der Waals surface area contributed by atoms with Crippen LogP contribution >= 0.6 is 11.3 Å². The lowest BCUT2D eigenvalue weighted by Gasteiger charge is -2.12. The molecule has 0 aliphatic heterocycles. The molecule has 1 aromatic heterocycles. The van der Waals surface area contributed by atoms with E-state index in [1.807, 2.05) is 29.6 Å². The van der Waals surface area contributed by atoms with Gasteiger partial charge in [0.2, 0.25) is 11.8 Å². The third-order valence-electron chi connectivity index (χ3n) is 4.18. The Labute approximate surface area is 165 Å². The Hall–Kier alpha value is -3.65. The fourth-order valence-electron chi connectivity index (χ4n) is 2.75. The molecule has 0 radical (unpaired) electrons. The molecule has 8 heteroatoms. The van der Waals surface area contributed by atoms with Crippen molar-refractivity contribution >= 4 is 40.4 Å². The fraction of sp³-hybridized carbons (Fsp3) is 0.0500. The van der Waals surface area contributed by atoms with E-state index in [1.54, 1.807) is 17.4 Å². The Morgan fingerprint density at radius 3 is 2.18 bits per heavy atom. The molecule has 7 N–H and O–H groups in total. The van der Waals surface area contributed by atoms with Crippen LogP contribution in [0.5, 0.6) is 0 Å². The minimum Gasteiger partial charge on any atom is -0.397 e. The lowest BCUT2D eigenvalue weighted by Crippen LogP contribution is -2.33. The molecule has 0 unspecified atom stereocenters. The Morgan fingerprint density at radius 2 is 1.61 bits per heavy atom. The third kappa shape index (κ3) is 4.02. The Kier molecular flexibility index (Phi) is 5.42. The summed E-state index contributed by atoms with van der Waals surface area (Å²) in [7, 11) is 0. The molecule has 0 saturated carbocycles. The van der Waals surface area contributed by atoms with Gasteiger partial charge in [0, 0.05) is 10.4 Å². The maximum Gasteiger partial charge on any atom is 0.255 e. The van der Waals surface area contributed by atoms with Crippen molar-refractivity contribution in [3.63, 3.8) is 0 Å². The summed E-state index contributed by atoms with van der Waals surface area (Å²) in [6, 6.07) is 15.3. The molecule has 2 aromatic carbocycles. The van der Waals surface area contributed by atoms with Crippen molar-refractivity contribution in [1.29, 1.82) is 0 Å². The molecule has 0 bridgehead atoms. The molecule has 3 aromatic rings. The van der Waals surface area contributed by atoms with Gasteiger partial charge in [-0.25, -0.2) is 0 Å². The number of carbonyl (C=O) groups excluding carboxylic acids is 3. The number of amides is 3. The second kappa shape index (κ2) is 7.93. The first-order valence-electron chi connectivity index (χ1n) is 8.30. The smallest absolute Gasteiger partial charge is 0.255 e. The molecule has 0 spiro atoms. The number of hydrogen-bond acceptors (Lipinski definition) is 5. The van der Waals surface area contributed by atoms with Crippen LogP contribution in [0.3, 0.4) is 0 Å². The summed E-state index contributed by atoms with van der Waals surface area (Å²) in [6.45, 7) is 0. The van der Waals surface area contributed by atoms with E-state index in [4.69, 9.17) is 17.2 Å². The number of benzene rings is 2. The first kappa shape index (κ1) is 19.1. The monoisotopic (exact) mass is 394 g/mol. The van der Waals surface area contributed by atoms with Crippen LogP contribution in [-0.2, 0) is 9.59 Å². The molecule has 0 saturated heterocycles. The van der Waals surface area contributed by atoms with Gasteiger partial charge in [-0.2, -0.15) is 0 Å². The highest BCUT2D eigenvalue weighted by molar-refractivity contribution is 7.13. The molecular weight excluding hydrogens is 376 g/mol. The molecule has 3 amide bonds. The van der Waals surface area contributed by atoms with E-state index in [-0.39, 0.29) is 5.91 Å². The second-order valence-corrected chi connectivity index (χ2v) is 7.04. The van der Waals surface area contributed by atoms with Crippen LogP contribution in [-0.4, -0.2) is 17.7 Å². The zero-order valence-corrected chi connectivity index (χ0v) is 15.5. The molecule has 28 heavy (non-hydrogen) atoms. The number of hydrogen-bond donors (Lipinski definition) is 4. The lowest BCUT2D eigenvalue weighted by atomic mass is 9.96. The van der Waals surface area contributed by atoms with E-state index >= 15 is 0 Å². The van der Waals surface area contributed by atoms with Crippen LogP contribution in [0.2, 0.25) is 0 Å². The molecule has 0 fully saturated rings. The van der Waals surface area contributed by atoms with Crippen molar-refractivity contribution in [1.82, 2.24) is 0 Å². The number of thiophene rings is 1. The van der Waals surface area contributed by atoms with Gasteiger partial charge in [-0.1, -0.05) is 24.3 Å². The van der Waals surface area contributed by atoms with E-state index in [2.05, 4.69) is 5.32 Å². The molecule has 3 rings (SSSR count). The summed E-state index contributed by atoms with van der Waals surface area (Å²) in [5, 5.41) is 4.75. The number of rotatable bonds is 6. The van der Waals surface area contributed by atoms with E-state index in [1.165, 1.54) is 24.3 Å². The van der Waals surface area contributed by atoms with Crippen LogP contribution in [0.15, 0.2) is 60.0 Å². The van der Waals surface area contributed by atoms with Gasteiger partial charge in [-0.3, -0.25) is 14.4 Å². The van der Waals surface area contributed by atoms with E-state index < -0.39 is 17.7 Å². The average Bonchev–Trinajstić information content (AvgIpc) is 3.18. The summed E-state index contributed by atoms with van der Waals surface area (Å²) in [4.78, 5) is 36.4. The van der Waals surface area contributed by atoms with Gasteiger partial charge in [0.15, 0.2) is 0 Å². The van der Waals surface area contributed by atoms with Crippen molar-refractivity contribution in [3.05, 3.63) is 71.1 Å². The lowest BCUT2D eigenvalue weighted by molar-refractivity contribution is -0.128. The van der Waals surface area contributed by atoms with Gasteiger partial charge < -0.3 is 22.5 Å². The highest BCUT2D eigenvalue weighted by Gasteiger charge is 2.24. The van der Waals surface area contributed by atoms with Crippen molar-refractivity contribution < 1.29 is 14.4 Å². The minimum atomic E-state index is -1.24. The van der Waals surface area contributed by atoms with Crippen LogP contribution in [0.1, 0.15) is 21.8 Å². The number of nitrogens with one attached hydrogen (secondary N) is 1. The fourth-order valence-corrected chi connectivity index (χ4v) is 3.47. The van der Waals surface area contributed by atoms with Crippen molar-refractivity contribution in [3.8, 4) is 10.4 Å². The number of nitrogens with two attached hydrogens (primary N) is 3. The Morgan fingerprint density at radius 1 is 0.929 bits per heavy atom. The van der Waals surface area contributed by atoms with Gasteiger partial charge >= 0.3 is 0 Å². The largest absolute Gasteiger partial charge is 0.397 e. The standard InChI is InChI=1S/C20H18N4O3S/c21-14-8-7-13(16-2-1-9-28-16)10-15(14)24-20(27)12-5-3-11(4-6-12)17(18(22)25)19(23)26/h1-10,17H,21H2,(H2,22,25)(H2,23,26)(H,24,27).